The number of esters is 2. The Morgan fingerprint density at radius 2 is 0.979 bits per heavy atom. The third kappa shape index (κ3) is 13.1. The number of halogens is 13. The molecule has 0 saturated heterocycles. The van der Waals surface area contributed by atoms with Crippen LogP contribution in [0.1, 0.15) is 110 Å². The van der Waals surface area contributed by atoms with Crippen LogP contribution >= 0.6 is 0 Å². The van der Waals surface area contributed by atoms with Gasteiger partial charge in [0, 0.05) is 0 Å². The molecule has 0 aliphatic heterocycles. The van der Waals surface area contributed by atoms with Crippen molar-refractivity contribution in [3.05, 3.63) is 0 Å². The van der Waals surface area contributed by atoms with Crippen molar-refractivity contribution >= 4 is 11.9 Å². The molecule has 0 spiro atoms. The van der Waals surface area contributed by atoms with Crippen molar-refractivity contribution in [1.29, 1.82) is 0 Å². The first-order chi connectivity index (χ1) is 21.4. The molecule has 5 nitrogen and oxygen atoms in total. The molecule has 280 valence electrons. The van der Waals surface area contributed by atoms with Gasteiger partial charge in [-0.25, -0.2) is 0 Å². The number of unbranched alkanes of at least 4 members (excludes halogenated alkanes) is 8. The number of hydrogen-bond acceptors (Lipinski definition) is 5. The van der Waals surface area contributed by atoms with Crippen LogP contribution in [-0.4, -0.2) is 72.2 Å². The molecule has 0 fully saturated rings. The largest absolute Gasteiger partial charge is 0.465 e. The molecule has 0 aromatic rings. The Morgan fingerprint density at radius 3 is 1.45 bits per heavy atom. The smallest absolute Gasteiger partial charge is 0.460 e. The van der Waals surface area contributed by atoms with Gasteiger partial charge in [0.2, 0.25) is 0 Å². The summed E-state index contributed by atoms with van der Waals surface area (Å²) in [6, 6.07) is 0. The summed E-state index contributed by atoms with van der Waals surface area (Å²) in [6.07, 6.45) is -2.12. The molecule has 2 atom stereocenters. The summed E-state index contributed by atoms with van der Waals surface area (Å²) in [5.74, 6) is -40.2. The zero-order valence-corrected chi connectivity index (χ0v) is 26.2. The highest BCUT2D eigenvalue weighted by atomic mass is 19.4. The lowest BCUT2D eigenvalue weighted by molar-refractivity contribution is -0.440. The van der Waals surface area contributed by atoms with Crippen LogP contribution in [0.2, 0.25) is 0 Å². The predicted octanol–water partition coefficient (Wildman–Crippen LogP) is 9.68. The Labute approximate surface area is 264 Å². The van der Waals surface area contributed by atoms with E-state index in [1.54, 1.807) is 0 Å². The Kier molecular flexibility index (Phi) is 18.4. The van der Waals surface area contributed by atoms with Gasteiger partial charge in [0.05, 0.1) is 38.6 Å². The molecule has 2 unspecified atom stereocenters. The number of carbonyl (C=O) groups excluding carboxylic acids is 2. The number of rotatable bonds is 25. The van der Waals surface area contributed by atoms with Gasteiger partial charge >= 0.3 is 47.7 Å². The highest BCUT2D eigenvalue weighted by Gasteiger charge is 2.90. The highest BCUT2D eigenvalue weighted by molar-refractivity contribution is 5.73. The van der Waals surface area contributed by atoms with Crippen molar-refractivity contribution in [1.82, 2.24) is 0 Å². The number of alkyl halides is 13. The third-order valence-corrected chi connectivity index (χ3v) is 7.39. The summed E-state index contributed by atoms with van der Waals surface area (Å²) in [5, 5.41) is 9.91. The topological polar surface area (TPSA) is 72.8 Å². The first kappa shape index (κ1) is 45.0. The van der Waals surface area contributed by atoms with E-state index in [0.29, 0.717) is 0 Å². The van der Waals surface area contributed by atoms with Crippen molar-refractivity contribution in [2.45, 2.75) is 152 Å². The summed E-state index contributed by atoms with van der Waals surface area (Å²) in [4.78, 5) is 23.9. The molecule has 0 aromatic heterocycles. The summed E-state index contributed by atoms with van der Waals surface area (Å²) >= 11 is 0. The molecule has 0 bridgehead atoms. The quantitative estimate of drug-likeness (QED) is 0.0579. The van der Waals surface area contributed by atoms with Gasteiger partial charge in [0.15, 0.2) is 0 Å². The maximum Gasteiger partial charge on any atom is 0.460 e. The van der Waals surface area contributed by atoms with Crippen molar-refractivity contribution in [3.8, 4) is 0 Å². The standard InChI is InChI=1S/C29H43F13O5/c1-3-5-7-9-10-12-14-20(13-11-8-6-4-2)19-47-23(45)18-21(43)17-22(44)46-16-15-24(30,31)25(32,33)26(34,35)27(36,37)28(38,39)29(40,41)42/h20-21,43H,3-19H2,1-2H3. The fourth-order valence-electron chi connectivity index (χ4n) is 4.42. The van der Waals surface area contributed by atoms with Crippen LogP contribution < -0.4 is 0 Å². The van der Waals surface area contributed by atoms with E-state index < -0.39 is 79.7 Å². The number of aliphatic hydroxyl groups is 1. The van der Waals surface area contributed by atoms with E-state index >= 15 is 0 Å². The van der Waals surface area contributed by atoms with Gasteiger partial charge in [-0.05, 0) is 18.8 Å². The van der Waals surface area contributed by atoms with Crippen LogP contribution in [0.5, 0.6) is 0 Å². The van der Waals surface area contributed by atoms with Gasteiger partial charge in [0.25, 0.3) is 0 Å². The van der Waals surface area contributed by atoms with Gasteiger partial charge in [-0.3, -0.25) is 9.59 Å². The number of aliphatic hydroxyl groups excluding tert-OH is 1. The Hall–Kier alpha value is -2.01. The lowest BCUT2D eigenvalue weighted by Crippen LogP contribution is -2.70. The van der Waals surface area contributed by atoms with Gasteiger partial charge in [0.1, 0.15) is 0 Å². The molecule has 0 radical (unpaired) electrons. The average Bonchev–Trinajstić information content (AvgIpc) is 2.93. The highest BCUT2D eigenvalue weighted by Crippen LogP contribution is 2.60. The van der Waals surface area contributed by atoms with Gasteiger partial charge in [-0.2, -0.15) is 57.1 Å². The van der Waals surface area contributed by atoms with E-state index in [2.05, 4.69) is 11.7 Å². The first-order valence-electron chi connectivity index (χ1n) is 15.4. The molecule has 18 heteroatoms. The minimum atomic E-state index is -8.02. The monoisotopic (exact) mass is 718 g/mol. The molecule has 0 aromatic carbocycles. The van der Waals surface area contributed by atoms with Crippen LogP contribution in [0.4, 0.5) is 57.1 Å². The van der Waals surface area contributed by atoms with Crippen molar-refractivity contribution in [3.63, 3.8) is 0 Å². The number of hydrogen-bond donors (Lipinski definition) is 1. The molecule has 0 heterocycles. The molecule has 0 rings (SSSR count). The lowest BCUT2D eigenvalue weighted by Gasteiger charge is -2.39. The Balaban J connectivity index is 4.98. The maximum atomic E-state index is 13.8. The molecule has 47 heavy (non-hydrogen) atoms. The van der Waals surface area contributed by atoms with Gasteiger partial charge < -0.3 is 14.6 Å². The van der Waals surface area contributed by atoms with Crippen LogP contribution in [-0.2, 0) is 19.1 Å². The van der Waals surface area contributed by atoms with Crippen molar-refractivity contribution in [2.75, 3.05) is 13.2 Å². The Bertz CT molecular complexity index is 927. The number of carbonyl (C=O) groups is 2. The zero-order chi connectivity index (χ0) is 36.7. The van der Waals surface area contributed by atoms with E-state index in [-0.39, 0.29) is 12.5 Å². The van der Waals surface area contributed by atoms with Crippen LogP contribution in [0.3, 0.4) is 0 Å². The number of ether oxygens (including phenoxy) is 2. The second-order valence-corrected chi connectivity index (χ2v) is 11.5. The summed E-state index contributed by atoms with van der Waals surface area (Å²) in [7, 11) is 0. The first-order valence-corrected chi connectivity index (χ1v) is 15.4. The summed E-state index contributed by atoms with van der Waals surface area (Å²) < 4.78 is 180. The van der Waals surface area contributed by atoms with E-state index in [4.69, 9.17) is 4.74 Å². The van der Waals surface area contributed by atoms with E-state index in [0.717, 1.165) is 77.0 Å². The van der Waals surface area contributed by atoms with Crippen LogP contribution in [0.15, 0.2) is 0 Å². The molecular weight excluding hydrogens is 675 g/mol. The summed E-state index contributed by atoms with van der Waals surface area (Å²) in [6.45, 7) is 2.23. The molecule has 0 saturated carbocycles. The second-order valence-electron chi connectivity index (χ2n) is 11.5. The molecule has 1 N–H and O–H groups in total. The van der Waals surface area contributed by atoms with Crippen LogP contribution in [0, 0.1) is 5.92 Å². The normalized spacial score (nSPS) is 15.0. The molecule has 0 amide bonds. The van der Waals surface area contributed by atoms with Crippen molar-refractivity contribution in [2.24, 2.45) is 5.92 Å². The minimum Gasteiger partial charge on any atom is -0.465 e. The van der Waals surface area contributed by atoms with Crippen molar-refractivity contribution < 1.29 is 81.2 Å². The minimum absolute atomic E-state index is 0.0267. The molecular formula is C29H43F13O5. The molecule has 0 aliphatic carbocycles. The predicted molar refractivity (Wildman–Crippen MR) is 143 cm³/mol. The lowest BCUT2D eigenvalue weighted by atomic mass is 9.93. The second kappa shape index (κ2) is 19.2. The fourth-order valence-corrected chi connectivity index (χ4v) is 4.42. The maximum absolute atomic E-state index is 13.8. The molecule has 0 aliphatic rings. The third-order valence-electron chi connectivity index (χ3n) is 7.39. The zero-order valence-electron chi connectivity index (χ0n) is 26.2. The Morgan fingerprint density at radius 1 is 0.574 bits per heavy atom. The SMILES string of the molecule is CCCCCCCCC(CCCCCC)COC(=O)CC(O)CC(=O)OCCC(F)(F)C(F)(F)C(F)(F)C(F)(F)C(F)(F)C(F)(F)F. The summed E-state index contributed by atoms with van der Waals surface area (Å²) in [5.41, 5.74) is 0. The van der Waals surface area contributed by atoms with E-state index in [1.807, 2.05) is 6.92 Å². The average molecular weight is 719 g/mol. The van der Waals surface area contributed by atoms with Gasteiger partial charge in [-0.1, -0.05) is 78.1 Å². The van der Waals surface area contributed by atoms with E-state index in [1.165, 1.54) is 0 Å². The van der Waals surface area contributed by atoms with E-state index in [9.17, 15) is 71.8 Å². The fraction of sp³-hybridized carbons (Fsp3) is 0.931. The van der Waals surface area contributed by atoms with Gasteiger partial charge in [-0.15, -0.1) is 0 Å². The van der Waals surface area contributed by atoms with Crippen LogP contribution in [0.25, 0.3) is 0 Å².